The maximum atomic E-state index is 13.1. The van der Waals surface area contributed by atoms with Crippen LogP contribution in [0.2, 0.25) is 5.02 Å². The van der Waals surface area contributed by atoms with E-state index < -0.39 is 0 Å². The van der Waals surface area contributed by atoms with E-state index in [1.54, 1.807) is 6.07 Å². The van der Waals surface area contributed by atoms with Crippen molar-refractivity contribution in [2.24, 2.45) is 5.92 Å². The zero-order valence-electron chi connectivity index (χ0n) is 10.8. The molecular weight excluding hydrogens is 362 g/mol. The summed E-state index contributed by atoms with van der Waals surface area (Å²) in [4.78, 5) is 0. The van der Waals surface area contributed by atoms with Crippen molar-refractivity contribution in [3.05, 3.63) is 68.9 Å². The van der Waals surface area contributed by atoms with E-state index in [1.807, 2.05) is 24.3 Å². The lowest BCUT2D eigenvalue weighted by Crippen LogP contribution is -2.10. The lowest BCUT2D eigenvalue weighted by molar-refractivity contribution is 0.579. The van der Waals surface area contributed by atoms with Crippen molar-refractivity contribution in [1.29, 1.82) is 0 Å². The minimum Gasteiger partial charge on any atom is -0.207 e. The molecule has 0 radical (unpaired) electrons. The van der Waals surface area contributed by atoms with Gasteiger partial charge in [-0.2, -0.15) is 0 Å². The fourth-order valence-corrected chi connectivity index (χ4v) is 2.99. The number of benzene rings is 2. The Balaban J connectivity index is 2.07. The van der Waals surface area contributed by atoms with Crippen molar-refractivity contribution in [3.8, 4) is 0 Å². The molecule has 0 amide bonds. The van der Waals surface area contributed by atoms with Gasteiger partial charge in [0.25, 0.3) is 0 Å². The molecule has 0 saturated heterocycles. The largest absolute Gasteiger partial charge is 0.207 e. The van der Waals surface area contributed by atoms with Crippen LogP contribution in [0.25, 0.3) is 0 Å². The van der Waals surface area contributed by atoms with Crippen LogP contribution in [0.1, 0.15) is 11.1 Å². The van der Waals surface area contributed by atoms with Crippen molar-refractivity contribution in [3.63, 3.8) is 0 Å². The van der Waals surface area contributed by atoms with Gasteiger partial charge in [0.2, 0.25) is 0 Å². The third kappa shape index (κ3) is 4.47. The van der Waals surface area contributed by atoms with Crippen LogP contribution in [0.5, 0.6) is 0 Å². The molecule has 4 heteroatoms. The lowest BCUT2D eigenvalue weighted by Gasteiger charge is -2.15. The van der Waals surface area contributed by atoms with Gasteiger partial charge in [-0.15, -0.1) is 11.6 Å². The Hall–Kier alpha value is -0.570. The van der Waals surface area contributed by atoms with Crippen molar-refractivity contribution in [2.45, 2.75) is 12.8 Å². The van der Waals surface area contributed by atoms with Gasteiger partial charge in [0.15, 0.2) is 0 Å². The third-order valence-corrected chi connectivity index (χ3v) is 4.61. The predicted molar refractivity (Wildman–Crippen MR) is 87.2 cm³/mol. The summed E-state index contributed by atoms with van der Waals surface area (Å²) >= 11 is 15.3. The molecule has 0 fully saturated rings. The van der Waals surface area contributed by atoms with Crippen molar-refractivity contribution < 1.29 is 4.39 Å². The molecule has 2 aromatic carbocycles. The zero-order valence-corrected chi connectivity index (χ0v) is 13.8. The van der Waals surface area contributed by atoms with Crippen LogP contribution in [0.15, 0.2) is 46.9 Å². The molecule has 0 heterocycles. The van der Waals surface area contributed by atoms with Gasteiger partial charge in [-0.1, -0.05) is 45.7 Å². The van der Waals surface area contributed by atoms with Crippen molar-refractivity contribution in [1.82, 2.24) is 0 Å². The van der Waals surface area contributed by atoms with Gasteiger partial charge < -0.3 is 0 Å². The predicted octanol–water partition coefficient (Wildman–Crippen LogP) is 5.88. The first-order valence-corrected chi connectivity index (χ1v) is 8.03. The fraction of sp³-hybridized carbons (Fsp3) is 0.250. The summed E-state index contributed by atoms with van der Waals surface area (Å²) < 4.78 is 13.9. The van der Waals surface area contributed by atoms with Crippen LogP contribution >= 0.6 is 39.1 Å². The van der Waals surface area contributed by atoms with Gasteiger partial charge in [0.1, 0.15) is 5.82 Å². The van der Waals surface area contributed by atoms with E-state index >= 15 is 0 Å². The standard InChI is InChI=1S/C16H14BrCl2F/c17-16-9-15(20)6-3-13(16)8-12(10-18)7-11-1-4-14(19)5-2-11/h1-6,9,12H,7-8,10H2. The summed E-state index contributed by atoms with van der Waals surface area (Å²) in [6.45, 7) is 0. The summed E-state index contributed by atoms with van der Waals surface area (Å²) in [5, 5.41) is 0.734. The Morgan fingerprint density at radius 2 is 1.75 bits per heavy atom. The van der Waals surface area contributed by atoms with Crippen LogP contribution in [0.3, 0.4) is 0 Å². The number of hydrogen-bond donors (Lipinski definition) is 0. The Morgan fingerprint density at radius 1 is 1.05 bits per heavy atom. The van der Waals surface area contributed by atoms with E-state index in [9.17, 15) is 4.39 Å². The number of halogens is 4. The summed E-state index contributed by atoms with van der Waals surface area (Å²) in [5.41, 5.74) is 2.28. The molecule has 0 aliphatic heterocycles. The molecule has 20 heavy (non-hydrogen) atoms. The Morgan fingerprint density at radius 3 is 2.35 bits per heavy atom. The molecule has 2 aromatic rings. The first-order valence-electron chi connectivity index (χ1n) is 6.33. The molecule has 0 aliphatic carbocycles. The molecule has 0 aromatic heterocycles. The highest BCUT2D eigenvalue weighted by Gasteiger charge is 2.12. The van der Waals surface area contributed by atoms with Crippen molar-refractivity contribution >= 4 is 39.1 Å². The van der Waals surface area contributed by atoms with Gasteiger partial charge in [-0.25, -0.2) is 4.39 Å². The second kappa shape index (κ2) is 7.44. The second-order valence-corrected chi connectivity index (χ2v) is 6.39. The van der Waals surface area contributed by atoms with E-state index in [0.29, 0.717) is 11.8 Å². The van der Waals surface area contributed by atoms with Gasteiger partial charge in [0, 0.05) is 15.4 Å². The Labute approximate surface area is 137 Å². The third-order valence-electron chi connectivity index (χ3n) is 3.18. The van der Waals surface area contributed by atoms with Crippen LogP contribution < -0.4 is 0 Å². The topological polar surface area (TPSA) is 0 Å². The lowest BCUT2D eigenvalue weighted by atomic mass is 9.94. The first-order chi connectivity index (χ1) is 9.58. The van der Waals surface area contributed by atoms with Gasteiger partial charge in [-0.3, -0.25) is 0 Å². The molecule has 0 nitrogen and oxygen atoms in total. The van der Waals surface area contributed by atoms with Crippen LogP contribution in [-0.4, -0.2) is 5.88 Å². The van der Waals surface area contributed by atoms with E-state index in [2.05, 4.69) is 15.9 Å². The highest BCUT2D eigenvalue weighted by atomic mass is 79.9. The van der Waals surface area contributed by atoms with E-state index in [0.717, 1.165) is 27.9 Å². The number of rotatable bonds is 5. The average molecular weight is 376 g/mol. The van der Waals surface area contributed by atoms with Crippen LogP contribution in [0, 0.1) is 11.7 Å². The Bertz CT molecular complexity index is 569. The highest BCUT2D eigenvalue weighted by molar-refractivity contribution is 9.10. The molecule has 0 spiro atoms. The molecule has 0 bridgehead atoms. The number of alkyl halides is 1. The molecule has 0 N–H and O–H groups in total. The maximum Gasteiger partial charge on any atom is 0.124 e. The highest BCUT2D eigenvalue weighted by Crippen LogP contribution is 2.24. The molecule has 1 atom stereocenters. The quantitative estimate of drug-likeness (QED) is 0.572. The summed E-state index contributed by atoms with van der Waals surface area (Å²) in [5.74, 6) is 0.632. The molecule has 0 saturated carbocycles. The molecule has 106 valence electrons. The SMILES string of the molecule is Fc1ccc(CC(CCl)Cc2ccc(Cl)cc2)c(Br)c1. The second-order valence-electron chi connectivity index (χ2n) is 4.79. The normalized spacial score (nSPS) is 12.4. The van der Waals surface area contributed by atoms with E-state index in [4.69, 9.17) is 23.2 Å². The number of hydrogen-bond acceptors (Lipinski definition) is 0. The average Bonchev–Trinajstić information content (AvgIpc) is 2.43. The Kier molecular flexibility index (Phi) is 5.88. The van der Waals surface area contributed by atoms with Crippen LogP contribution in [-0.2, 0) is 12.8 Å². The molecule has 1 unspecified atom stereocenters. The smallest absolute Gasteiger partial charge is 0.124 e. The molecule has 2 rings (SSSR count). The minimum atomic E-state index is -0.235. The molecule has 0 aliphatic rings. The van der Waals surface area contributed by atoms with Gasteiger partial charge in [-0.05, 0) is 54.2 Å². The summed E-state index contributed by atoms with van der Waals surface area (Å²) in [6.07, 6.45) is 1.69. The zero-order chi connectivity index (χ0) is 14.5. The van der Waals surface area contributed by atoms with Crippen molar-refractivity contribution in [2.75, 3.05) is 5.88 Å². The maximum absolute atomic E-state index is 13.1. The summed E-state index contributed by atoms with van der Waals surface area (Å²) in [6, 6.07) is 12.6. The first kappa shape index (κ1) is 15.8. The van der Waals surface area contributed by atoms with E-state index in [-0.39, 0.29) is 5.82 Å². The summed E-state index contributed by atoms with van der Waals surface area (Å²) in [7, 11) is 0. The minimum absolute atomic E-state index is 0.235. The van der Waals surface area contributed by atoms with Gasteiger partial charge >= 0.3 is 0 Å². The van der Waals surface area contributed by atoms with Gasteiger partial charge in [0.05, 0.1) is 0 Å². The van der Waals surface area contributed by atoms with Crippen LogP contribution in [0.4, 0.5) is 4.39 Å². The van der Waals surface area contributed by atoms with E-state index in [1.165, 1.54) is 17.7 Å². The monoisotopic (exact) mass is 374 g/mol. The molecular formula is C16H14BrCl2F. The fourth-order valence-electron chi connectivity index (χ4n) is 2.13.